The summed E-state index contributed by atoms with van der Waals surface area (Å²) in [4.78, 5) is 11.9. The summed E-state index contributed by atoms with van der Waals surface area (Å²) >= 11 is 0. The van der Waals surface area contributed by atoms with Crippen LogP contribution in [0.4, 0.5) is 56.9 Å². The predicted octanol–water partition coefficient (Wildman–Crippen LogP) is 22.7. The first-order valence-corrected chi connectivity index (χ1v) is 45.5. The van der Waals surface area contributed by atoms with Crippen molar-refractivity contribution in [2.75, 3.05) is 66.3 Å². The molecule has 18 heteroatoms. The minimum absolute atomic E-state index is 0.0209. The SMILES string of the molecule is COc1cccc2c1P(=O)(C(C)(C)C)C(C1N(c3ccccc3)c3cccc(OC)c3P1(=O)C(C)(C)C)N2c1ccccc1.COc1cccc2c1P(=O)(C(C)(C)C)CN2c1ccccc1.COc1cccc2c1P(C(C)(C)C)C(C1N(c3ccccc3)c3cccc(OC)c3P1C(C)(C)C)N2c1ccccc1. The molecule has 9 unspecified atom stereocenters. The Balaban J connectivity index is 0.000000151. The van der Waals surface area contributed by atoms with Gasteiger partial charge in [-0.05, 0) is 147 Å². The molecule has 0 spiro atoms. The third-order valence-corrected chi connectivity index (χ3v) is 41.8. The van der Waals surface area contributed by atoms with Crippen LogP contribution in [0, 0.1) is 0 Å². The number of methoxy groups -OCH3 is 5. The van der Waals surface area contributed by atoms with Crippen molar-refractivity contribution in [3.05, 3.63) is 243 Å². The van der Waals surface area contributed by atoms with E-state index in [4.69, 9.17) is 23.7 Å². The summed E-state index contributed by atoms with van der Waals surface area (Å²) in [6, 6.07) is 83.1. The normalized spacial score (nSPS) is 22.7. The number of fused-ring (bicyclic) bond motifs is 5. The standard InChI is InChI=1S/C36H42N2O4P2.C36H42N2O2P2.C18H22NO2P/c1-35(2,3)43(39)31-27(21-15-23-29(31)41-7)37(25-17-11-9-12-18-25)33(43)34-38(26-19-13-10-14-20-26)28-22-16-24-30(42-8)32(28)44(34,40)36(4,5)6;1-35(2,3)41-31-27(21-15-23-29(31)39-7)37(25-17-11-9-12-18-25)33(41)34-38(26-19-13-10-14-20-26)28-22-16-24-30(40-8)32(28)42(34)36(4,5)6;1-18(2,3)22(20)13-19(14-9-6-5-7-10-14)15-11-8-12-16(21-4)17(15)22/h9-24,33-34H,1-8H3;9-24,33-34H,1-8H3;5-12H,13H2,1-4H3. The molecular formula is C90H106N5O8P5. The zero-order valence-electron chi connectivity index (χ0n) is 66.3. The molecule has 0 fully saturated rings. The van der Waals surface area contributed by atoms with Gasteiger partial charge >= 0.3 is 0 Å². The van der Waals surface area contributed by atoms with Gasteiger partial charge in [0, 0.05) is 54.5 Å². The molecule has 5 heterocycles. The number of hydrogen-bond acceptors (Lipinski definition) is 13. The van der Waals surface area contributed by atoms with Crippen molar-refractivity contribution in [1.82, 2.24) is 0 Å². The average molecular weight is 1540 g/mol. The van der Waals surface area contributed by atoms with Crippen LogP contribution in [0.5, 0.6) is 28.7 Å². The fraction of sp³-hybridized carbons (Fsp3) is 0.333. The molecule has 564 valence electrons. The Kier molecular flexibility index (Phi) is 21.3. The Morgan fingerprint density at radius 1 is 0.296 bits per heavy atom. The molecule has 0 saturated heterocycles. The van der Waals surface area contributed by atoms with Gasteiger partial charge in [0.2, 0.25) is 0 Å². The predicted molar refractivity (Wildman–Crippen MR) is 461 cm³/mol. The molecule has 9 atom stereocenters. The molecule has 5 aliphatic rings. The maximum absolute atomic E-state index is 16.5. The maximum atomic E-state index is 16.5. The number of para-hydroxylation sites is 5. The second kappa shape index (κ2) is 29.5. The van der Waals surface area contributed by atoms with E-state index in [0.717, 1.165) is 56.7 Å². The van der Waals surface area contributed by atoms with Gasteiger partial charge in [-0.1, -0.05) is 225 Å². The molecule has 5 aliphatic heterocycles. The maximum Gasteiger partial charge on any atom is 0.150 e. The molecule has 10 aromatic carbocycles. The minimum Gasteiger partial charge on any atom is -0.496 e. The lowest BCUT2D eigenvalue weighted by Gasteiger charge is -2.47. The highest BCUT2D eigenvalue weighted by molar-refractivity contribution is 7.79. The Labute approximate surface area is 644 Å². The van der Waals surface area contributed by atoms with Crippen molar-refractivity contribution < 1.29 is 37.4 Å². The van der Waals surface area contributed by atoms with E-state index in [1.165, 1.54) is 33.4 Å². The van der Waals surface area contributed by atoms with Crippen LogP contribution in [0.15, 0.2) is 243 Å². The van der Waals surface area contributed by atoms with Gasteiger partial charge < -0.3 is 61.9 Å². The highest BCUT2D eigenvalue weighted by Crippen LogP contribution is 2.80. The Hall–Kier alpha value is -8.25. The van der Waals surface area contributed by atoms with Gasteiger partial charge in [0.15, 0.2) is 14.3 Å². The van der Waals surface area contributed by atoms with Crippen molar-refractivity contribution in [3.63, 3.8) is 0 Å². The second-order valence-electron chi connectivity index (χ2n) is 33.2. The number of rotatable bonds is 12. The molecule has 15 rings (SSSR count). The van der Waals surface area contributed by atoms with Gasteiger partial charge in [-0.3, -0.25) is 0 Å². The van der Waals surface area contributed by atoms with Crippen molar-refractivity contribution in [2.45, 2.75) is 153 Å². The molecule has 0 saturated carbocycles. The fourth-order valence-corrected chi connectivity index (χ4v) is 36.4. The van der Waals surface area contributed by atoms with Gasteiger partial charge in [-0.15, -0.1) is 0 Å². The monoisotopic (exact) mass is 1540 g/mol. The lowest BCUT2D eigenvalue weighted by molar-refractivity contribution is 0.417. The zero-order chi connectivity index (χ0) is 77.4. The molecule has 0 bridgehead atoms. The average Bonchev–Trinajstić information content (AvgIpc) is 1.50. The van der Waals surface area contributed by atoms with E-state index >= 15 is 9.13 Å². The van der Waals surface area contributed by atoms with Crippen LogP contribution in [0.2, 0.25) is 0 Å². The van der Waals surface area contributed by atoms with Crippen LogP contribution in [0.25, 0.3) is 0 Å². The van der Waals surface area contributed by atoms with Gasteiger partial charge in [-0.25, -0.2) is 0 Å². The summed E-state index contributed by atoms with van der Waals surface area (Å²) in [6.45, 7) is 33.0. The minimum atomic E-state index is -3.49. The fourth-order valence-electron chi connectivity index (χ4n) is 16.9. The zero-order valence-corrected chi connectivity index (χ0v) is 70.8. The van der Waals surface area contributed by atoms with Crippen LogP contribution in [0.3, 0.4) is 0 Å². The van der Waals surface area contributed by atoms with Gasteiger partial charge in [0.05, 0.1) is 97.8 Å². The van der Waals surface area contributed by atoms with Crippen molar-refractivity contribution in [2.24, 2.45) is 0 Å². The van der Waals surface area contributed by atoms with Crippen LogP contribution in [0.1, 0.15) is 104 Å². The second-order valence-corrected chi connectivity index (χ2v) is 50.1. The molecule has 10 aromatic rings. The largest absolute Gasteiger partial charge is 0.496 e. The van der Waals surface area contributed by atoms with E-state index in [-0.39, 0.29) is 27.0 Å². The quantitative estimate of drug-likeness (QED) is 0.108. The van der Waals surface area contributed by atoms with E-state index in [2.05, 4.69) is 196 Å². The Morgan fingerprint density at radius 3 is 0.852 bits per heavy atom. The highest BCUT2D eigenvalue weighted by Gasteiger charge is 2.69. The number of nitrogens with zero attached hydrogens (tertiary/aromatic N) is 5. The molecule has 108 heavy (non-hydrogen) atoms. The van der Waals surface area contributed by atoms with Crippen molar-refractivity contribution in [1.29, 1.82) is 0 Å². The Bertz CT molecular complexity index is 4810. The summed E-state index contributed by atoms with van der Waals surface area (Å²) < 4.78 is 76.7. The first-order valence-electron chi connectivity index (χ1n) is 37.2. The number of anilines is 10. The molecule has 0 N–H and O–H groups in total. The first-order chi connectivity index (χ1) is 51.3. The van der Waals surface area contributed by atoms with E-state index in [1.807, 2.05) is 189 Å². The van der Waals surface area contributed by atoms with E-state index < -0.39 is 59.1 Å². The molecule has 0 radical (unpaired) electrons. The van der Waals surface area contributed by atoms with E-state index in [1.54, 1.807) is 21.3 Å². The third-order valence-electron chi connectivity index (χ3n) is 21.8. The number of ether oxygens (including phenoxy) is 5. The van der Waals surface area contributed by atoms with Crippen LogP contribution >= 0.6 is 37.3 Å². The topological polar surface area (TPSA) is 114 Å². The summed E-state index contributed by atoms with van der Waals surface area (Å²) in [5.74, 6) is 2.90. The van der Waals surface area contributed by atoms with Crippen molar-refractivity contribution in [3.8, 4) is 28.7 Å². The van der Waals surface area contributed by atoms with E-state index in [0.29, 0.717) is 28.4 Å². The lowest BCUT2D eigenvalue weighted by atomic mass is 10.2. The highest BCUT2D eigenvalue weighted by atomic mass is 31.2. The lowest BCUT2D eigenvalue weighted by Crippen LogP contribution is -2.49. The summed E-state index contributed by atoms with van der Waals surface area (Å²) in [6.07, 6.45) is 0.524. The molecule has 13 nitrogen and oxygen atoms in total. The van der Waals surface area contributed by atoms with Gasteiger partial charge in [0.25, 0.3) is 0 Å². The first kappa shape index (κ1) is 77.9. The Morgan fingerprint density at radius 2 is 0.565 bits per heavy atom. The van der Waals surface area contributed by atoms with Crippen LogP contribution in [-0.2, 0) is 13.7 Å². The summed E-state index contributed by atoms with van der Waals surface area (Å²) in [7, 11) is -2.52. The van der Waals surface area contributed by atoms with E-state index in [9.17, 15) is 4.57 Å². The summed E-state index contributed by atoms with van der Waals surface area (Å²) in [5.41, 5.74) is 10.5. The molecule has 0 amide bonds. The van der Waals surface area contributed by atoms with Crippen molar-refractivity contribution >= 4 is 121 Å². The number of hydrogen-bond donors (Lipinski definition) is 0. The number of benzene rings is 10. The third kappa shape index (κ3) is 13.0. The van der Waals surface area contributed by atoms with Gasteiger partial charge in [0.1, 0.15) is 47.5 Å². The van der Waals surface area contributed by atoms with Crippen LogP contribution < -0.4 is 74.7 Å². The van der Waals surface area contributed by atoms with Crippen LogP contribution in [-0.4, -0.2) is 90.7 Å². The smallest absolute Gasteiger partial charge is 0.150 e. The molecule has 0 aliphatic carbocycles. The van der Waals surface area contributed by atoms with Gasteiger partial charge in [-0.2, -0.15) is 0 Å². The summed E-state index contributed by atoms with van der Waals surface area (Å²) in [5, 5.41) is 3.38. The molecular weight excluding hydrogens is 1430 g/mol. The molecule has 0 aromatic heterocycles.